The van der Waals surface area contributed by atoms with Crippen molar-refractivity contribution >= 4 is 28.8 Å². The number of carbonyl (C=O) groups is 1. The molecule has 14 heteroatoms. The van der Waals surface area contributed by atoms with Gasteiger partial charge in [0.15, 0.2) is 5.65 Å². The van der Waals surface area contributed by atoms with Gasteiger partial charge in [0.2, 0.25) is 5.91 Å². The molecule has 0 spiro atoms. The molecule has 5 rings (SSSR count). The second-order valence-corrected chi connectivity index (χ2v) is 12.1. The van der Waals surface area contributed by atoms with Gasteiger partial charge >= 0.3 is 0 Å². The molecule has 0 radical (unpaired) electrons. The molecular formula is C37H50N8O6. The maximum Gasteiger partial charge on any atom is 0.225 e. The molecule has 4 N–H and O–H groups in total. The first-order chi connectivity index (χ1) is 25.0. The lowest BCUT2D eigenvalue weighted by Gasteiger charge is -2.29. The quantitative estimate of drug-likeness (QED) is 0.122. The average Bonchev–Trinajstić information content (AvgIpc) is 3.51. The summed E-state index contributed by atoms with van der Waals surface area (Å²) in [5.41, 5.74) is 19.4. The number of carbonyl (C=O) groups excluding carboxylic acids is 1. The van der Waals surface area contributed by atoms with Crippen LogP contribution in [-0.2, 0) is 48.0 Å². The summed E-state index contributed by atoms with van der Waals surface area (Å²) in [7, 11) is 0. The first kappa shape index (κ1) is 37.9. The minimum Gasteiger partial charge on any atom is -0.383 e. The van der Waals surface area contributed by atoms with Crippen molar-refractivity contribution in [2.24, 2.45) is 5.73 Å². The van der Waals surface area contributed by atoms with E-state index in [1.54, 1.807) is 0 Å². The summed E-state index contributed by atoms with van der Waals surface area (Å²) in [6.07, 6.45) is 8.42. The molecule has 0 fully saturated rings. The summed E-state index contributed by atoms with van der Waals surface area (Å²) < 4.78 is 29.2. The van der Waals surface area contributed by atoms with E-state index in [1.165, 1.54) is 11.9 Å². The van der Waals surface area contributed by atoms with Crippen LogP contribution in [0.3, 0.4) is 0 Å². The van der Waals surface area contributed by atoms with E-state index in [2.05, 4.69) is 39.2 Å². The van der Waals surface area contributed by atoms with Crippen molar-refractivity contribution in [2.75, 3.05) is 84.9 Å². The second-order valence-electron chi connectivity index (χ2n) is 12.1. The molecule has 0 unspecified atom stereocenters. The number of hydrogen-bond acceptors (Lipinski definition) is 12. The smallest absolute Gasteiger partial charge is 0.225 e. The van der Waals surface area contributed by atoms with Crippen LogP contribution in [0.2, 0.25) is 0 Å². The Kier molecular flexibility index (Phi) is 14.8. The maximum absolute atomic E-state index is 12.9. The summed E-state index contributed by atoms with van der Waals surface area (Å²) in [4.78, 5) is 28.2. The number of rotatable bonds is 21. The van der Waals surface area contributed by atoms with E-state index >= 15 is 0 Å². The van der Waals surface area contributed by atoms with Crippen LogP contribution in [-0.4, -0.2) is 115 Å². The van der Waals surface area contributed by atoms with E-state index in [1.807, 2.05) is 41.8 Å². The molecule has 0 saturated carbocycles. The largest absolute Gasteiger partial charge is 0.383 e. The lowest BCUT2D eigenvalue weighted by Crippen LogP contribution is -2.36. The van der Waals surface area contributed by atoms with Gasteiger partial charge in [0, 0.05) is 37.1 Å². The molecule has 274 valence electrons. The summed E-state index contributed by atoms with van der Waals surface area (Å²) in [6.45, 7) is 11.0. The standard InChI is InChI=1S/C37H50N8O6/c1-3-4-29-22-32(23-40-27(29)2)35-34-36(39)41-26-42-37(34)45(43-35)24-28-5-6-31-25-44(10-7-30(31)21-28)33(46)8-11-47-13-15-49-17-19-51-20-18-50-16-14-48-12-9-38/h3-6,21-23,26H,7-20,24-25,38H2,1-2H3,(H2,39,41,42)/b4-3-. The third kappa shape index (κ3) is 10.8. The van der Waals surface area contributed by atoms with Gasteiger partial charge in [-0.05, 0) is 48.6 Å². The number of nitrogens with two attached hydrogens (primary N) is 2. The van der Waals surface area contributed by atoms with Crippen molar-refractivity contribution in [1.82, 2.24) is 29.6 Å². The number of aryl methyl sites for hydroxylation is 1. The molecule has 1 aliphatic rings. The van der Waals surface area contributed by atoms with Gasteiger partial charge in [-0.2, -0.15) is 5.10 Å². The molecule has 3 aromatic heterocycles. The molecule has 51 heavy (non-hydrogen) atoms. The summed E-state index contributed by atoms with van der Waals surface area (Å²) >= 11 is 0. The lowest BCUT2D eigenvalue weighted by molar-refractivity contribution is -0.133. The molecule has 1 aliphatic heterocycles. The Morgan fingerprint density at radius 2 is 1.57 bits per heavy atom. The van der Waals surface area contributed by atoms with Crippen molar-refractivity contribution in [2.45, 2.75) is 39.8 Å². The second kappa shape index (κ2) is 19.9. The van der Waals surface area contributed by atoms with E-state index < -0.39 is 0 Å². The van der Waals surface area contributed by atoms with Crippen molar-refractivity contribution in [3.05, 3.63) is 70.8 Å². The zero-order valence-corrected chi connectivity index (χ0v) is 29.7. The Labute approximate surface area is 299 Å². The van der Waals surface area contributed by atoms with Gasteiger partial charge in [0.1, 0.15) is 17.8 Å². The topological polar surface area (TPSA) is 175 Å². The number of allylic oxidation sites excluding steroid dienone is 1. The minimum absolute atomic E-state index is 0.0863. The van der Waals surface area contributed by atoms with Crippen LogP contribution >= 0.6 is 0 Å². The van der Waals surface area contributed by atoms with E-state index in [0.717, 1.165) is 34.4 Å². The van der Waals surface area contributed by atoms with Gasteiger partial charge in [0.25, 0.3) is 0 Å². The molecule has 1 aromatic carbocycles. The molecule has 0 atom stereocenters. The number of amides is 1. The van der Waals surface area contributed by atoms with Gasteiger partial charge in [-0.3, -0.25) is 9.78 Å². The molecular weight excluding hydrogens is 652 g/mol. The predicted octanol–water partition coefficient (Wildman–Crippen LogP) is 3.18. The Hall–Kier alpha value is -4.31. The number of pyridine rings is 1. The minimum atomic E-state index is 0.0863. The summed E-state index contributed by atoms with van der Waals surface area (Å²) in [5.74, 6) is 0.465. The van der Waals surface area contributed by atoms with Gasteiger partial charge < -0.3 is 40.1 Å². The van der Waals surface area contributed by atoms with Crippen LogP contribution in [0.25, 0.3) is 28.4 Å². The Balaban J connectivity index is 1.04. The third-order valence-corrected chi connectivity index (χ3v) is 8.48. The van der Waals surface area contributed by atoms with Crippen LogP contribution in [0.15, 0.2) is 42.9 Å². The molecule has 0 saturated heterocycles. The van der Waals surface area contributed by atoms with Crippen molar-refractivity contribution in [3.8, 4) is 11.3 Å². The zero-order valence-electron chi connectivity index (χ0n) is 29.7. The number of nitrogens with zero attached hydrogens (tertiary/aromatic N) is 6. The molecule has 4 heterocycles. The van der Waals surface area contributed by atoms with Crippen LogP contribution in [0.5, 0.6) is 0 Å². The van der Waals surface area contributed by atoms with E-state index in [9.17, 15) is 4.79 Å². The first-order valence-electron chi connectivity index (χ1n) is 17.5. The summed E-state index contributed by atoms with van der Waals surface area (Å²) in [5, 5.41) is 5.67. The fraction of sp³-hybridized carbons (Fsp3) is 0.486. The third-order valence-electron chi connectivity index (χ3n) is 8.48. The van der Waals surface area contributed by atoms with Crippen molar-refractivity contribution in [1.29, 1.82) is 0 Å². The van der Waals surface area contributed by atoms with Gasteiger partial charge in [-0.1, -0.05) is 30.4 Å². The average molecular weight is 703 g/mol. The lowest BCUT2D eigenvalue weighted by atomic mass is 9.97. The zero-order chi connectivity index (χ0) is 35.8. The normalized spacial score (nSPS) is 13.0. The highest BCUT2D eigenvalue weighted by Crippen LogP contribution is 2.31. The Morgan fingerprint density at radius 1 is 0.882 bits per heavy atom. The van der Waals surface area contributed by atoms with E-state index in [4.69, 9.17) is 40.3 Å². The maximum atomic E-state index is 12.9. The fourth-order valence-corrected chi connectivity index (χ4v) is 5.84. The van der Waals surface area contributed by atoms with Crippen LogP contribution < -0.4 is 11.5 Å². The number of benzene rings is 1. The molecule has 1 amide bonds. The monoisotopic (exact) mass is 702 g/mol. The van der Waals surface area contributed by atoms with Crippen LogP contribution in [0.1, 0.15) is 41.3 Å². The highest BCUT2D eigenvalue weighted by Gasteiger charge is 2.22. The first-order valence-corrected chi connectivity index (χ1v) is 17.5. The number of ether oxygens (including phenoxy) is 5. The SMILES string of the molecule is C/C=C\c1cc(-c2nn(Cc3ccc4c(c3)CCN(C(=O)CCOCCOCCOCCOCCOCCN)C4)c3ncnc(N)c23)cnc1C. The highest BCUT2D eigenvalue weighted by atomic mass is 16.6. The molecule has 14 nitrogen and oxygen atoms in total. The summed E-state index contributed by atoms with van der Waals surface area (Å²) in [6, 6.07) is 8.47. The Bertz CT molecular complexity index is 1750. The van der Waals surface area contributed by atoms with Crippen LogP contribution in [0, 0.1) is 6.92 Å². The van der Waals surface area contributed by atoms with Crippen molar-refractivity contribution in [3.63, 3.8) is 0 Å². The van der Waals surface area contributed by atoms with Gasteiger partial charge in [-0.15, -0.1) is 0 Å². The molecule has 4 aromatic rings. The van der Waals surface area contributed by atoms with Gasteiger partial charge in [0.05, 0.1) is 84.4 Å². The number of aromatic nitrogens is 5. The van der Waals surface area contributed by atoms with Gasteiger partial charge in [-0.25, -0.2) is 14.6 Å². The fourth-order valence-electron chi connectivity index (χ4n) is 5.84. The number of anilines is 1. The number of fused-ring (bicyclic) bond motifs is 2. The number of nitrogen functional groups attached to an aromatic ring is 1. The molecule has 0 bridgehead atoms. The van der Waals surface area contributed by atoms with Crippen molar-refractivity contribution < 1.29 is 28.5 Å². The van der Waals surface area contributed by atoms with E-state index in [-0.39, 0.29) is 5.91 Å². The van der Waals surface area contributed by atoms with E-state index in [0.29, 0.717) is 121 Å². The number of hydrogen-bond donors (Lipinski definition) is 2. The molecule has 0 aliphatic carbocycles. The highest BCUT2D eigenvalue weighted by molar-refractivity contribution is 5.98. The Morgan fingerprint density at radius 3 is 2.25 bits per heavy atom. The predicted molar refractivity (Wildman–Crippen MR) is 195 cm³/mol. The van der Waals surface area contributed by atoms with Crippen LogP contribution in [0.4, 0.5) is 5.82 Å².